The average molecular weight is 1140 g/mol. The van der Waals surface area contributed by atoms with Crippen LogP contribution in [0.15, 0.2) is 48.5 Å². The number of rotatable bonds is 10. The largest absolute Gasteiger partial charge is 0.480 e. The van der Waals surface area contributed by atoms with Crippen molar-refractivity contribution in [3.8, 4) is 0 Å². The van der Waals surface area contributed by atoms with Crippen LogP contribution in [0.5, 0.6) is 0 Å². The molecule has 8 aliphatic carbocycles. The summed E-state index contributed by atoms with van der Waals surface area (Å²) < 4.78 is 0. The van der Waals surface area contributed by atoms with Gasteiger partial charge >= 0.3 is 5.97 Å². The molecule has 2 saturated heterocycles. The van der Waals surface area contributed by atoms with Crippen molar-refractivity contribution in [1.82, 2.24) is 25.0 Å². The molecule has 0 spiro atoms. The van der Waals surface area contributed by atoms with Gasteiger partial charge in [-0.1, -0.05) is 84.2 Å². The molecule has 8 saturated carbocycles. The number of anilines is 2. The molecule has 77 heavy (non-hydrogen) atoms. The van der Waals surface area contributed by atoms with Gasteiger partial charge in [0.25, 0.3) is 0 Å². The molecular weight excluding hydrogens is 1060 g/mol. The van der Waals surface area contributed by atoms with Gasteiger partial charge in [0.15, 0.2) is 0 Å². The molecule has 2 aliphatic heterocycles. The number of fused-ring (bicyclic) bond motifs is 1. The van der Waals surface area contributed by atoms with Gasteiger partial charge in [0.1, 0.15) is 28.4 Å². The number of carbonyl (C=O) groups excluding carboxylic acids is 3. The monoisotopic (exact) mass is 1130 g/mol. The highest BCUT2D eigenvalue weighted by molar-refractivity contribution is 6.40. The van der Waals surface area contributed by atoms with E-state index in [2.05, 4.69) is 45.8 Å². The number of carboxylic acid groups (broad SMARTS) is 1. The molecule has 6 atom stereocenters. The van der Waals surface area contributed by atoms with Gasteiger partial charge in [-0.2, -0.15) is 0 Å². The summed E-state index contributed by atoms with van der Waals surface area (Å²) in [5.74, 6) is 7.05. The maximum absolute atomic E-state index is 13.3. The molecule has 10 aliphatic rings. The van der Waals surface area contributed by atoms with Crippen molar-refractivity contribution in [3.63, 3.8) is 0 Å². The van der Waals surface area contributed by atoms with Gasteiger partial charge in [-0.05, 0) is 204 Å². The number of halogens is 4. The van der Waals surface area contributed by atoms with E-state index in [0.717, 1.165) is 96.5 Å². The van der Waals surface area contributed by atoms with Crippen LogP contribution in [0.1, 0.15) is 116 Å². The van der Waals surface area contributed by atoms with E-state index in [1.54, 1.807) is 19.1 Å². The molecule has 418 valence electrons. The Bertz CT molecular complexity index is 2770. The van der Waals surface area contributed by atoms with E-state index in [9.17, 15) is 19.2 Å². The van der Waals surface area contributed by atoms with Crippen molar-refractivity contribution < 1.29 is 29.5 Å². The van der Waals surface area contributed by atoms with E-state index in [1.165, 1.54) is 44.9 Å². The van der Waals surface area contributed by atoms with Crippen LogP contribution in [0.25, 0.3) is 11.0 Å². The Labute approximate surface area is 475 Å². The number of benzene rings is 3. The Balaban J connectivity index is 0.000000138. The van der Waals surface area contributed by atoms with E-state index < -0.39 is 5.97 Å². The highest BCUT2D eigenvalue weighted by Gasteiger charge is 2.58. The summed E-state index contributed by atoms with van der Waals surface area (Å²) in [5.41, 5.74) is 5.13. The minimum Gasteiger partial charge on any atom is -0.480 e. The second-order valence-corrected chi connectivity index (χ2v) is 27.0. The third kappa shape index (κ3) is 12.8. The van der Waals surface area contributed by atoms with Crippen molar-refractivity contribution in [2.24, 2.45) is 70.0 Å². The van der Waals surface area contributed by atoms with Crippen molar-refractivity contribution >= 4 is 92.1 Å². The third-order valence-corrected chi connectivity index (χ3v) is 20.3. The first kappa shape index (κ1) is 57.7. The zero-order valence-electron chi connectivity index (χ0n) is 46.0. The van der Waals surface area contributed by atoms with Crippen LogP contribution in [0.3, 0.4) is 0 Å². The lowest BCUT2D eigenvalue weighted by molar-refractivity contribution is -0.150. The summed E-state index contributed by atoms with van der Waals surface area (Å²) in [5, 5.41) is 27.6. The number of hydrogen-bond donors (Lipinski definition) is 2. The number of carbonyl (C=O) groups is 4. The summed E-state index contributed by atoms with van der Waals surface area (Å²) in [4.78, 5) is 57.6. The Hall–Kier alpha value is -3.98. The molecule has 0 radical (unpaired) electrons. The summed E-state index contributed by atoms with van der Waals surface area (Å²) in [6.07, 6.45) is 12.8. The highest BCUT2D eigenvalue weighted by Crippen LogP contribution is 2.64. The zero-order chi connectivity index (χ0) is 55.2. The molecule has 8 bridgehead atoms. The molecule has 17 heteroatoms. The maximum Gasteiger partial charge on any atom is 0.317 e. The topological polar surface area (TPSA) is 152 Å². The molecule has 4 aromatic rings. The normalized spacial score (nSPS) is 31.9. The van der Waals surface area contributed by atoms with Crippen molar-refractivity contribution in [2.75, 3.05) is 62.4 Å². The Morgan fingerprint density at radius 3 is 1.49 bits per heavy atom. The average Bonchev–Trinajstić information content (AvgIpc) is 3.77. The van der Waals surface area contributed by atoms with Crippen LogP contribution in [0.4, 0.5) is 11.4 Å². The first-order valence-corrected chi connectivity index (χ1v) is 29.6. The molecule has 6 unspecified atom stereocenters. The number of aryl methyl sites for hydroxylation is 2. The third-order valence-electron chi connectivity index (χ3n) is 19.2. The van der Waals surface area contributed by atoms with Gasteiger partial charge < -0.3 is 20.1 Å². The predicted molar refractivity (Wildman–Crippen MR) is 306 cm³/mol. The number of nitrogens with zero attached hydrogens (tertiary/aromatic N) is 7. The minimum atomic E-state index is -0.819. The van der Waals surface area contributed by atoms with Crippen LogP contribution in [-0.4, -0.2) is 111 Å². The molecule has 0 amide bonds. The van der Waals surface area contributed by atoms with E-state index in [4.69, 9.17) is 56.7 Å². The molecular formula is C60H79Cl4N7O6. The fraction of sp³-hybridized carbons (Fsp3) is 0.633. The summed E-state index contributed by atoms with van der Waals surface area (Å²) in [6.45, 7) is 19.4. The van der Waals surface area contributed by atoms with Gasteiger partial charge in [0.2, 0.25) is 0 Å². The van der Waals surface area contributed by atoms with Gasteiger partial charge in [-0.3, -0.25) is 29.0 Å². The summed E-state index contributed by atoms with van der Waals surface area (Å²) >= 11 is 25.7. The quantitative estimate of drug-likeness (QED) is 0.145. The smallest absolute Gasteiger partial charge is 0.317 e. The molecule has 2 N–H and O–H groups in total. The lowest BCUT2D eigenvalue weighted by atomic mass is 9.45. The number of carboxylic acids is 1. The van der Waals surface area contributed by atoms with E-state index in [1.807, 2.05) is 62.1 Å². The lowest BCUT2D eigenvalue weighted by Crippen LogP contribution is -2.54. The maximum atomic E-state index is 13.3. The number of para-hydroxylation sites is 1. The Morgan fingerprint density at radius 1 is 0.623 bits per heavy atom. The Morgan fingerprint density at radius 2 is 1.05 bits per heavy atom. The highest BCUT2D eigenvalue weighted by atomic mass is 35.5. The van der Waals surface area contributed by atoms with Gasteiger partial charge in [0.05, 0.1) is 57.9 Å². The molecule has 1 aromatic heterocycles. The first-order valence-electron chi connectivity index (χ1n) is 28.1. The Kier molecular flexibility index (Phi) is 17.7. The number of ketones is 3. The molecule has 13 nitrogen and oxygen atoms in total. The predicted octanol–water partition coefficient (Wildman–Crippen LogP) is 12.8. The fourth-order valence-corrected chi connectivity index (χ4v) is 17.9. The summed E-state index contributed by atoms with van der Waals surface area (Å²) in [6, 6.07) is 14.9. The van der Waals surface area contributed by atoms with E-state index in [0.29, 0.717) is 110 Å². The first-order chi connectivity index (χ1) is 36.5. The van der Waals surface area contributed by atoms with E-state index >= 15 is 0 Å². The molecule has 14 rings (SSSR count). The number of aromatic nitrogens is 3. The van der Waals surface area contributed by atoms with Crippen molar-refractivity contribution in [1.29, 1.82) is 0 Å². The van der Waals surface area contributed by atoms with Crippen LogP contribution in [-0.2, 0) is 19.2 Å². The van der Waals surface area contributed by atoms with Crippen LogP contribution in [0.2, 0.25) is 20.1 Å². The standard InChI is InChI=1S/C27H36Cl2N2O2.C14H18Cl2N2O2.C13H20O.C6H5N3O/c1-16-4-24(28)26(25(29)5-16)31-13-17(2)12-30(15-31)14-22(33)8-23-20-6-19-7-21(23)11-27(9-19,10-20)18(3)32;1-9-3-11(15)14(12(16)4-9)18-6-10(2)5-17(8-18)7-13(19)20;1-8-11-3-10-4-12(8)7-13(5-10,6-11)9(2)14;10-9-6-4-2-1-3-5(6)7-8-9/h4-5,17,19-21,23H,6-15H2,1-3H3;3-4,10H,5-8H2,1-2H3,(H,19,20);8,10-12H,3-7H2,1-2H3;1-4,10H. The van der Waals surface area contributed by atoms with Crippen molar-refractivity contribution in [3.05, 3.63) is 79.7 Å². The lowest BCUT2D eigenvalue weighted by Gasteiger charge is -2.59. The second kappa shape index (κ2) is 23.6. The van der Waals surface area contributed by atoms with Gasteiger partial charge in [-0.25, -0.2) is 0 Å². The van der Waals surface area contributed by atoms with Crippen LogP contribution in [0, 0.1) is 83.9 Å². The van der Waals surface area contributed by atoms with Crippen LogP contribution >= 0.6 is 46.4 Å². The van der Waals surface area contributed by atoms with Crippen LogP contribution < -0.4 is 9.80 Å². The summed E-state index contributed by atoms with van der Waals surface area (Å²) in [7, 11) is 0. The molecule has 10 fully saturated rings. The minimum absolute atomic E-state index is 0.0297. The number of aliphatic carboxylic acids is 1. The fourth-order valence-electron chi connectivity index (χ4n) is 16.2. The number of hydrogen-bond acceptors (Lipinski definition) is 11. The zero-order valence-corrected chi connectivity index (χ0v) is 49.0. The van der Waals surface area contributed by atoms with Crippen molar-refractivity contribution in [2.45, 2.75) is 119 Å². The van der Waals surface area contributed by atoms with Gasteiger partial charge in [0, 0.05) is 43.4 Å². The molecule has 3 heterocycles. The van der Waals surface area contributed by atoms with Gasteiger partial charge in [-0.15, -0.1) is 5.10 Å². The number of Topliss-reactive ketones (excluding diaryl/α,β-unsaturated/α-hetero) is 3. The second-order valence-electron chi connectivity index (χ2n) is 25.4. The van der Waals surface area contributed by atoms with E-state index in [-0.39, 0.29) is 17.4 Å². The SMILES string of the molecule is CC(=O)C12CC3CC(C1)C(C)C(C3)C2.CC(=O)C12CC3CC(C1)C(CC(=O)CN1CC(C)CN(c4c(Cl)cc(C)cc4Cl)C1)C(C3)C2.Cc1cc(Cl)c(N2CC(C)CN(CC(=O)O)C2)c(Cl)c1.On1nnc2ccccc21. The molecule has 3 aromatic carbocycles.